The number of hydrogen-bond acceptors (Lipinski definition) is 4. The minimum Gasteiger partial charge on any atom is -0.458 e. The monoisotopic (exact) mass is 384 g/mol. The number of rotatable bonds is 6. The van der Waals surface area contributed by atoms with Crippen LogP contribution in [0.1, 0.15) is 66.2 Å². The lowest BCUT2D eigenvalue weighted by Gasteiger charge is -2.50. The summed E-state index contributed by atoms with van der Waals surface area (Å²) in [4.78, 5) is 35.8. The molecule has 1 unspecified atom stereocenters. The van der Waals surface area contributed by atoms with Crippen molar-refractivity contribution in [2.45, 2.75) is 66.2 Å². The average molecular weight is 385 g/mol. The van der Waals surface area contributed by atoms with Crippen LogP contribution in [0.25, 0.3) is 0 Å². The SMILES string of the molecule is CCC[C@H](C(=O)COC(C)=O)[C@@]1(C)CC=C2C(CCC3=CC(=O)C=C[C@@]32C)C1. The first-order chi connectivity index (χ1) is 13.2. The van der Waals surface area contributed by atoms with E-state index in [4.69, 9.17) is 4.74 Å². The van der Waals surface area contributed by atoms with Crippen LogP contribution in [-0.4, -0.2) is 24.1 Å². The summed E-state index contributed by atoms with van der Waals surface area (Å²) >= 11 is 0. The molecule has 0 amide bonds. The summed E-state index contributed by atoms with van der Waals surface area (Å²) in [6, 6.07) is 0. The molecule has 0 heterocycles. The lowest BCUT2D eigenvalue weighted by Crippen LogP contribution is -2.43. The Morgan fingerprint density at radius 1 is 1.32 bits per heavy atom. The van der Waals surface area contributed by atoms with Gasteiger partial charge < -0.3 is 4.74 Å². The third-order valence-electron chi connectivity index (χ3n) is 7.09. The van der Waals surface area contributed by atoms with Gasteiger partial charge in [-0.3, -0.25) is 14.4 Å². The van der Waals surface area contributed by atoms with Crippen molar-refractivity contribution in [1.82, 2.24) is 0 Å². The Bertz CT molecular complexity index is 771. The van der Waals surface area contributed by atoms with E-state index in [2.05, 4.69) is 32.9 Å². The predicted octanol–water partition coefficient (Wildman–Crippen LogP) is 4.74. The van der Waals surface area contributed by atoms with Crippen LogP contribution in [0.2, 0.25) is 0 Å². The number of ether oxygens (including phenoxy) is 1. The smallest absolute Gasteiger partial charge is 0.303 e. The molecule has 0 spiro atoms. The first-order valence-electron chi connectivity index (χ1n) is 10.5. The summed E-state index contributed by atoms with van der Waals surface area (Å²) in [7, 11) is 0. The molecule has 152 valence electrons. The van der Waals surface area contributed by atoms with Crippen molar-refractivity contribution >= 4 is 17.5 Å². The van der Waals surface area contributed by atoms with Gasteiger partial charge in [0.05, 0.1) is 0 Å². The third kappa shape index (κ3) is 3.78. The van der Waals surface area contributed by atoms with E-state index in [1.165, 1.54) is 18.1 Å². The molecule has 0 saturated heterocycles. The zero-order valence-corrected chi connectivity index (χ0v) is 17.5. The highest BCUT2D eigenvalue weighted by atomic mass is 16.5. The quantitative estimate of drug-likeness (QED) is 0.490. The second-order valence-electron chi connectivity index (χ2n) is 9.15. The van der Waals surface area contributed by atoms with E-state index in [1.807, 2.05) is 6.08 Å². The molecule has 3 aliphatic rings. The fourth-order valence-electron chi connectivity index (χ4n) is 5.57. The van der Waals surface area contributed by atoms with Crippen molar-refractivity contribution in [2.75, 3.05) is 6.61 Å². The van der Waals surface area contributed by atoms with Crippen molar-refractivity contribution in [1.29, 1.82) is 0 Å². The molecule has 3 aliphatic carbocycles. The Balaban J connectivity index is 1.85. The van der Waals surface area contributed by atoms with Crippen LogP contribution in [0.15, 0.2) is 35.5 Å². The van der Waals surface area contributed by atoms with E-state index in [9.17, 15) is 14.4 Å². The largest absolute Gasteiger partial charge is 0.458 e. The first-order valence-corrected chi connectivity index (χ1v) is 10.5. The maximum Gasteiger partial charge on any atom is 0.303 e. The van der Waals surface area contributed by atoms with Gasteiger partial charge in [-0.25, -0.2) is 0 Å². The predicted molar refractivity (Wildman–Crippen MR) is 109 cm³/mol. The zero-order chi connectivity index (χ0) is 20.5. The minimum atomic E-state index is -0.405. The van der Waals surface area contributed by atoms with Crippen LogP contribution in [0, 0.1) is 22.7 Å². The van der Waals surface area contributed by atoms with Gasteiger partial charge in [0, 0.05) is 18.3 Å². The lowest BCUT2D eigenvalue weighted by molar-refractivity contribution is -0.148. The van der Waals surface area contributed by atoms with E-state index in [-0.39, 0.29) is 34.9 Å². The van der Waals surface area contributed by atoms with E-state index in [0.29, 0.717) is 5.92 Å². The number of ketones is 2. The van der Waals surface area contributed by atoms with Crippen LogP contribution >= 0.6 is 0 Å². The summed E-state index contributed by atoms with van der Waals surface area (Å²) in [6.07, 6.45) is 13.5. The molecule has 1 saturated carbocycles. The Labute approximate surface area is 168 Å². The molecule has 0 N–H and O–H groups in total. The van der Waals surface area contributed by atoms with E-state index >= 15 is 0 Å². The van der Waals surface area contributed by atoms with Crippen molar-refractivity contribution in [3.8, 4) is 0 Å². The summed E-state index contributed by atoms with van der Waals surface area (Å²) in [5, 5.41) is 0. The van der Waals surface area contributed by atoms with Crippen LogP contribution in [0.4, 0.5) is 0 Å². The van der Waals surface area contributed by atoms with Gasteiger partial charge in [-0.05, 0) is 62.5 Å². The van der Waals surface area contributed by atoms with Gasteiger partial charge in [0.25, 0.3) is 0 Å². The van der Waals surface area contributed by atoms with E-state index in [0.717, 1.165) is 38.5 Å². The molecule has 0 bridgehead atoms. The normalized spacial score (nSPS) is 32.6. The van der Waals surface area contributed by atoms with Gasteiger partial charge >= 0.3 is 5.97 Å². The van der Waals surface area contributed by atoms with Crippen LogP contribution < -0.4 is 0 Å². The maximum absolute atomic E-state index is 12.9. The van der Waals surface area contributed by atoms with Gasteiger partial charge in [-0.15, -0.1) is 0 Å². The Morgan fingerprint density at radius 2 is 2.07 bits per heavy atom. The molecular weight excluding hydrogens is 352 g/mol. The van der Waals surface area contributed by atoms with Gasteiger partial charge in [0.1, 0.15) is 6.61 Å². The molecule has 0 radical (unpaired) electrons. The average Bonchev–Trinajstić information content (AvgIpc) is 2.64. The fraction of sp³-hybridized carbons (Fsp3) is 0.625. The fourth-order valence-corrected chi connectivity index (χ4v) is 5.57. The molecule has 0 aromatic rings. The Hall–Kier alpha value is -1.97. The highest BCUT2D eigenvalue weighted by molar-refractivity contribution is 6.01. The minimum absolute atomic E-state index is 0.0437. The molecule has 4 heteroatoms. The van der Waals surface area contributed by atoms with Gasteiger partial charge in [-0.2, -0.15) is 0 Å². The van der Waals surface area contributed by atoms with Gasteiger partial charge in [0.2, 0.25) is 0 Å². The molecule has 28 heavy (non-hydrogen) atoms. The highest BCUT2D eigenvalue weighted by Crippen LogP contribution is 2.57. The second kappa shape index (κ2) is 7.81. The summed E-state index contributed by atoms with van der Waals surface area (Å²) in [5.74, 6) is 0.0636. The van der Waals surface area contributed by atoms with Gasteiger partial charge in [0.15, 0.2) is 11.6 Å². The highest BCUT2D eigenvalue weighted by Gasteiger charge is 2.48. The standard InChI is InChI=1S/C24H32O4/c1-5-6-21(22(27)15-28-16(2)25)23(3)11-10-20-17(14-23)7-8-18-13-19(26)9-12-24(18,20)4/h9-10,12-13,17,21H,5-8,11,14-15H2,1-4H3/t17?,21-,23+,24+/m1/s1. The third-order valence-corrected chi connectivity index (χ3v) is 7.09. The molecule has 4 atom stereocenters. The number of esters is 1. The molecule has 0 aromatic heterocycles. The molecular formula is C24H32O4. The lowest BCUT2D eigenvalue weighted by atomic mass is 9.54. The van der Waals surface area contributed by atoms with E-state index < -0.39 is 5.97 Å². The Morgan fingerprint density at radius 3 is 2.75 bits per heavy atom. The van der Waals surface area contributed by atoms with Gasteiger partial charge in [-0.1, -0.05) is 43.6 Å². The number of allylic oxidation sites excluding steroid dienone is 6. The van der Waals surface area contributed by atoms with Crippen molar-refractivity contribution in [2.24, 2.45) is 22.7 Å². The number of fused-ring (bicyclic) bond motifs is 3. The summed E-state index contributed by atoms with van der Waals surface area (Å²) in [6.45, 7) is 7.77. The molecule has 1 fully saturated rings. The molecule has 0 aromatic carbocycles. The van der Waals surface area contributed by atoms with Crippen molar-refractivity contribution < 1.29 is 19.1 Å². The van der Waals surface area contributed by atoms with Crippen LogP contribution in [0.3, 0.4) is 0 Å². The second-order valence-corrected chi connectivity index (χ2v) is 9.15. The summed E-state index contributed by atoms with van der Waals surface area (Å²) in [5.41, 5.74) is 2.36. The first kappa shape index (κ1) is 20.8. The molecule has 3 rings (SSSR count). The van der Waals surface area contributed by atoms with Crippen molar-refractivity contribution in [3.05, 3.63) is 35.5 Å². The zero-order valence-electron chi connectivity index (χ0n) is 17.5. The molecule has 0 aliphatic heterocycles. The number of carbonyl (C=O) groups excluding carboxylic acids is 3. The molecule has 4 nitrogen and oxygen atoms in total. The number of hydrogen-bond donors (Lipinski definition) is 0. The van der Waals surface area contributed by atoms with Crippen LogP contribution in [0.5, 0.6) is 0 Å². The summed E-state index contributed by atoms with van der Waals surface area (Å²) < 4.78 is 5.02. The van der Waals surface area contributed by atoms with Crippen LogP contribution in [-0.2, 0) is 19.1 Å². The topological polar surface area (TPSA) is 60.4 Å². The number of Topliss-reactive ketones (excluding diaryl/α,β-unsaturated/α-hetero) is 1. The van der Waals surface area contributed by atoms with Crippen molar-refractivity contribution in [3.63, 3.8) is 0 Å². The maximum atomic E-state index is 12.9. The Kier molecular flexibility index (Phi) is 5.79. The van der Waals surface area contributed by atoms with E-state index in [1.54, 1.807) is 6.08 Å². The number of carbonyl (C=O) groups is 3.